The molecule has 2 nitrogen and oxygen atoms in total. The van der Waals surface area contributed by atoms with Crippen molar-refractivity contribution in [2.45, 2.75) is 39.5 Å². The fourth-order valence-corrected chi connectivity index (χ4v) is 5.28. The quantitative estimate of drug-likeness (QED) is 0.397. The zero-order valence-corrected chi connectivity index (χ0v) is 16.0. The van der Waals surface area contributed by atoms with Crippen LogP contribution in [0.5, 0.6) is 0 Å². The van der Waals surface area contributed by atoms with Gasteiger partial charge in [0.2, 0.25) is 0 Å². The Balaban J connectivity index is 1.82. The third kappa shape index (κ3) is 2.58. The van der Waals surface area contributed by atoms with Crippen LogP contribution in [-0.4, -0.2) is 4.98 Å². The maximum atomic E-state index is 5.88. The van der Waals surface area contributed by atoms with Gasteiger partial charge in [0.15, 0.2) is 5.76 Å². The zero-order valence-electron chi connectivity index (χ0n) is 15.1. The average molecular weight is 359 g/mol. The summed E-state index contributed by atoms with van der Waals surface area (Å²) >= 11 is 1.88. The van der Waals surface area contributed by atoms with Gasteiger partial charge in [0.1, 0.15) is 16.3 Å². The first kappa shape index (κ1) is 15.8. The second kappa shape index (κ2) is 6.10. The highest BCUT2D eigenvalue weighted by Crippen LogP contribution is 2.42. The average Bonchev–Trinajstić information content (AvgIpc) is 3.24. The van der Waals surface area contributed by atoms with E-state index in [9.17, 15) is 0 Å². The number of rotatable bonds is 2. The molecule has 1 aliphatic rings. The van der Waals surface area contributed by atoms with E-state index >= 15 is 0 Å². The summed E-state index contributed by atoms with van der Waals surface area (Å²) in [7, 11) is 0. The van der Waals surface area contributed by atoms with E-state index in [1.807, 2.05) is 30.4 Å². The molecule has 0 saturated carbocycles. The molecule has 0 fully saturated rings. The van der Waals surface area contributed by atoms with Crippen LogP contribution in [-0.2, 0) is 12.8 Å². The van der Waals surface area contributed by atoms with Crippen LogP contribution in [0.2, 0.25) is 0 Å². The van der Waals surface area contributed by atoms with E-state index < -0.39 is 0 Å². The molecule has 0 radical (unpaired) electrons. The van der Waals surface area contributed by atoms with Crippen molar-refractivity contribution < 1.29 is 4.42 Å². The summed E-state index contributed by atoms with van der Waals surface area (Å²) in [5, 5.41) is 1.36. The molecule has 1 aliphatic carbocycles. The van der Waals surface area contributed by atoms with Gasteiger partial charge in [-0.3, -0.25) is 0 Å². The molecule has 26 heavy (non-hydrogen) atoms. The predicted molar refractivity (Wildman–Crippen MR) is 109 cm³/mol. The minimum Gasteiger partial charge on any atom is -0.460 e. The van der Waals surface area contributed by atoms with Crippen LogP contribution in [0.25, 0.3) is 32.8 Å². The Morgan fingerprint density at radius 2 is 1.88 bits per heavy atom. The van der Waals surface area contributed by atoms with Gasteiger partial charge in [-0.1, -0.05) is 29.8 Å². The molecule has 0 spiro atoms. The van der Waals surface area contributed by atoms with Gasteiger partial charge in [0.05, 0.1) is 0 Å². The lowest BCUT2D eigenvalue weighted by Gasteiger charge is -2.13. The molecule has 0 unspecified atom stereocenters. The summed E-state index contributed by atoms with van der Waals surface area (Å²) in [5.74, 6) is 1.77. The lowest BCUT2D eigenvalue weighted by atomic mass is 9.92. The number of nitrogens with zero attached hydrogens (tertiary/aromatic N) is 1. The fourth-order valence-electron chi connectivity index (χ4n) is 4.00. The zero-order chi connectivity index (χ0) is 17.7. The highest BCUT2D eigenvalue weighted by Gasteiger charge is 2.21. The van der Waals surface area contributed by atoms with Crippen LogP contribution in [0.15, 0.2) is 46.9 Å². The molecule has 1 aromatic carbocycles. The van der Waals surface area contributed by atoms with Crippen molar-refractivity contribution in [1.82, 2.24) is 4.98 Å². The lowest BCUT2D eigenvalue weighted by molar-refractivity contribution is 0.546. The Kier molecular flexibility index (Phi) is 3.71. The molecular formula is C23H21NOS. The number of furan rings is 1. The van der Waals surface area contributed by atoms with E-state index in [4.69, 9.17) is 9.40 Å². The van der Waals surface area contributed by atoms with Crippen molar-refractivity contribution in [3.8, 4) is 22.6 Å². The van der Waals surface area contributed by atoms with E-state index in [0.29, 0.717) is 0 Å². The Labute approximate surface area is 157 Å². The van der Waals surface area contributed by atoms with Crippen molar-refractivity contribution in [2.75, 3.05) is 0 Å². The smallest absolute Gasteiger partial charge is 0.152 e. The molecule has 4 aromatic rings. The summed E-state index contributed by atoms with van der Waals surface area (Å²) in [6.45, 7) is 4.13. The third-order valence-electron chi connectivity index (χ3n) is 5.25. The van der Waals surface area contributed by atoms with Gasteiger partial charge in [0, 0.05) is 10.3 Å². The predicted octanol–water partition coefficient (Wildman–Crippen LogP) is 6.72. The number of pyridine rings is 1. The molecule has 0 saturated heterocycles. The van der Waals surface area contributed by atoms with Crippen molar-refractivity contribution >= 4 is 21.6 Å². The van der Waals surface area contributed by atoms with Crippen molar-refractivity contribution in [3.05, 3.63) is 64.2 Å². The van der Waals surface area contributed by atoms with Crippen LogP contribution in [0, 0.1) is 13.8 Å². The molecule has 0 bridgehead atoms. The van der Waals surface area contributed by atoms with Crippen LogP contribution >= 0.6 is 11.3 Å². The van der Waals surface area contributed by atoms with Crippen LogP contribution in [0.3, 0.4) is 0 Å². The molecule has 0 N–H and O–H groups in total. The van der Waals surface area contributed by atoms with E-state index in [1.165, 1.54) is 58.2 Å². The fraction of sp³-hybridized carbons (Fsp3) is 0.261. The second-order valence-corrected chi connectivity index (χ2v) is 8.31. The number of aromatic nitrogens is 1. The first-order chi connectivity index (χ1) is 12.7. The molecule has 3 aromatic heterocycles. The van der Waals surface area contributed by atoms with E-state index in [2.05, 4.69) is 37.3 Å². The first-order valence-corrected chi connectivity index (χ1v) is 10.1. The number of benzene rings is 1. The van der Waals surface area contributed by atoms with E-state index in [1.54, 1.807) is 0 Å². The van der Waals surface area contributed by atoms with Crippen molar-refractivity contribution in [2.24, 2.45) is 0 Å². The minimum atomic E-state index is 0.852. The van der Waals surface area contributed by atoms with Crippen LogP contribution in [0.4, 0.5) is 0 Å². The number of fused-ring (bicyclic) bond motifs is 3. The maximum Gasteiger partial charge on any atom is 0.152 e. The second-order valence-electron chi connectivity index (χ2n) is 7.23. The molecule has 3 heterocycles. The van der Waals surface area contributed by atoms with Crippen molar-refractivity contribution in [1.29, 1.82) is 0 Å². The Hall–Kier alpha value is -2.39. The summed E-state index contributed by atoms with van der Waals surface area (Å²) in [6.07, 6.45) is 4.95. The lowest BCUT2D eigenvalue weighted by Crippen LogP contribution is -1.99. The molecule has 130 valence electrons. The number of aryl methyl sites for hydroxylation is 4. The Morgan fingerprint density at radius 3 is 2.69 bits per heavy atom. The molecular weight excluding hydrogens is 338 g/mol. The normalized spacial score (nSPS) is 13.9. The van der Waals surface area contributed by atoms with E-state index in [-0.39, 0.29) is 0 Å². The number of thiophene rings is 1. The van der Waals surface area contributed by atoms with Gasteiger partial charge in [-0.05, 0) is 74.4 Å². The van der Waals surface area contributed by atoms with Gasteiger partial charge >= 0.3 is 0 Å². The topological polar surface area (TPSA) is 26.0 Å². The summed E-state index contributed by atoms with van der Waals surface area (Å²) in [4.78, 5) is 7.68. The molecule has 5 rings (SSSR count). The maximum absolute atomic E-state index is 5.88. The molecule has 3 heteroatoms. The first-order valence-electron chi connectivity index (χ1n) is 9.28. The highest BCUT2D eigenvalue weighted by molar-refractivity contribution is 7.19. The van der Waals surface area contributed by atoms with Gasteiger partial charge in [-0.25, -0.2) is 4.98 Å². The molecule has 0 atom stereocenters. The van der Waals surface area contributed by atoms with Crippen LogP contribution < -0.4 is 0 Å². The third-order valence-corrected chi connectivity index (χ3v) is 6.43. The summed E-state index contributed by atoms with van der Waals surface area (Å²) in [5.41, 5.74) is 6.31. The molecule has 0 aliphatic heterocycles. The Bertz CT molecular complexity index is 1120. The van der Waals surface area contributed by atoms with Crippen LogP contribution in [0.1, 0.15) is 34.6 Å². The minimum absolute atomic E-state index is 0.852. The van der Waals surface area contributed by atoms with Gasteiger partial charge in [-0.15, -0.1) is 11.3 Å². The van der Waals surface area contributed by atoms with Gasteiger partial charge in [-0.2, -0.15) is 0 Å². The Morgan fingerprint density at radius 1 is 1.00 bits per heavy atom. The number of hydrogen-bond acceptors (Lipinski definition) is 3. The summed E-state index contributed by atoms with van der Waals surface area (Å²) in [6, 6.07) is 15.0. The standard InChI is InChI=1S/C23H21NOS/c1-14-6-5-7-16(12-14)18-13-19(20-11-10-15(2)25-20)24-23-22(18)17-8-3-4-9-21(17)26-23/h5-7,10-13H,3-4,8-9H2,1-2H3. The number of hydrogen-bond donors (Lipinski definition) is 0. The van der Waals surface area contributed by atoms with E-state index in [0.717, 1.165) is 22.0 Å². The van der Waals surface area contributed by atoms with Gasteiger partial charge in [0.25, 0.3) is 0 Å². The van der Waals surface area contributed by atoms with Gasteiger partial charge < -0.3 is 4.42 Å². The van der Waals surface area contributed by atoms with Crippen molar-refractivity contribution in [3.63, 3.8) is 0 Å². The SMILES string of the molecule is Cc1cccc(-c2cc(-c3ccc(C)o3)nc3sc4c(c23)CCCC4)c1. The highest BCUT2D eigenvalue weighted by atomic mass is 32.1. The largest absolute Gasteiger partial charge is 0.460 e. The molecule has 0 amide bonds. The summed E-state index contributed by atoms with van der Waals surface area (Å²) < 4.78 is 5.88. The monoisotopic (exact) mass is 359 g/mol.